The van der Waals surface area contributed by atoms with E-state index >= 15 is 0 Å². The van der Waals surface area contributed by atoms with E-state index in [1.807, 2.05) is 25.1 Å². The highest BCUT2D eigenvalue weighted by molar-refractivity contribution is 6.06. The van der Waals surface area contributed by atoms with Gasteiger partial charge in [-0.1, -0.05) is 17.7 Å². The molecule has 1 heterocycles. The largest absolute Gasteiger partial charge is 0.370 e. The van der Waals surface area contributed by atoms with Gasteiger partial charge in [-0.2, -0.15) is 0 Å². The van der Waals surface area contributed by atoms with Crippen LogP contribution in [0.1, 0.15) is 35.2 Å². The first-order valence-corrected chi connectivity index (χ1v) is 11.2. The maximum atomic E-state index is 14.0. The summed E-state index contributed by atoms with van der Waals surface area (Å²) in [5.74, 6) is -1.68. The summed E-state index contributed by atoms with van der Waals surface area (Å²) in [6, 6.07) is 14.7. The highest BCUT2D eigenvalue weighted by Gasteiger charge is 2.18. The van der Waals surface area contributed by atoms with Crippen LogP contribution in [0.5, 0.6) is 0 Å². The van der Waals surface area contributed by atoms with Gasteiger partial charge >= 0.3 is 6.03 Å². The zero-order valence-corrected chi connectivity index (χ0v) is 18.8. The molecule has 3 aromatic rings. The van der Waals surface area contributed by atoms with Gasteiger partial charge in [0.15, 0.2) is 0 Å². The standard InChI is InChI=1S/C26H26F2N4O2/c1-17-6-5-7-18(14-17)25(33)29-20-9-11-24(32-12-3-2-4-13-32)23(16-20)31-26(34)30-22-15-19(27)8-10-21(22)28/h5-11,14-16H,2-4,12-13H2,1H3,(H,29,33)(H2,30,31,34). The van der Waals surface area contributed by atoms with Crippen molar-refractivity contribution in [3.63, 3.8) is 0 Å². The number of carbonyl (C=O) groups excluding carboxylic acids is 2. The molecule has 0 radical (unpaired) electrons. The zero-order chi connectivity index (χ0) is 24.1. The lowest BCUT2D eigenvalue weighted by atomic mass is 10.1. The molecule has 0 aromatic heterocycles. The van der Waals surface area contributed by atoms with Gasteiger partial charge in [-0.25, -0.2) is 13.6 Å². The molecule has 4 rings (SSSR count). The minimum absolute atomic E-state index is 0.263. The number of carbonyl (C=O) groups is 2. The van der Waals surface area contributed by atoms with Gasteiger partial charge in [0, 0.05) is 30.4 Å². The molecule has 3 amide bonds. The van der Waals surface area contributed by atoms with Crippen LogP contribution in [0.25, 0.3) is 0 Å². The summed E-state index contributed by atoms with van der Waals surface area (Å²) >= 11 is 0. The summed E-state index contributed by atoms with van der Waals surface area (Å²) in [7, 11) is 0. The third kappa shape index (κ3) is 5.70. The SMILES string of the molecule is Cc1cccc(C(=O)Nc2ccc(N3CCCCC3)c(NC(=O)Nc3cc(F)ccc3F)c2)c1. The molecule has 1 aliphatic heterocycles. The molecule has 3 aromatic carbocycles. The van der Waals surface area contributed by atoms with Crippen molar-refractivity contribution >= 4 is 34.7 Å². The number of rotatable bonds is 5. The first-order valence-electron chi connectivity index (χ1n) is 11.2. The van der Waals surface area contributed by atoms with Crippen LogP contribution in [0.4, 0.5) is 36.3 Å². The summed E-state index contributed by atoms with van der Waals surface area (Å²) < 4.78 is 27.5. The minimum atomic E-state index is -0.744. The minimum Gasteiger partial charge on any atom is -0.370 e. The van der Waals surface area contributed by atoms with Crippen LogP contribution in [-0.2, 0) is 0 Å². The van der Waals surface area contributed by atoms with Crippen molar-refractivity contribution in [3.05, 3.63) is 83.4 Å². The third-order valence-electron chi connectivity index (χ3n) is 5.66. The number of anilines is 4. The fourth-order valence-corrected chi connectivity index (χ4v) is 3.98. The van der Waals surface area contributed by atoms with E-state index in [1.165, 1.54) is 0 Å². The number of urea groups is 1. The molecular formula is C26H26F2N4O2. The quantitative estimate of drug-likeness (QED) is 0.423. The lowest BCUT2D eigenvalue weighted by Crippen LogP contribution is -2.31. The van der Waals surface area contributed by atoms with Crippen molar-refractivity contribution < 1.29 is 18.4 Å². The van der Waals surface area contributed by atoms with Gasteiger partial charge in [0.05, 0.1) is 17.1 Å². The van der Waals surface area contributed by atoms with Gasteiger partial charge in [0.25, 0.3) is 5.91 Å². The van der Waals surface area contributed by atoms with E-state index in [0.717, 1.165) is 61.8 Å². The van der Waals surface area contributed by atoms with Crippen LogP contribution >= 0.6 is 0 Å². The van der Waals surface area contributed by atoms with Gasteiger partial charge < -0.3 is 20.9 Å². The summed E-state index contributed by atoms with van der Waals surface area (Å²) in [5, 5.41) is 7.94. The predicted molar refractivity (Wildman–Crippen MR) is 131 cm³/mol. The second-order valence-electron chi connectivity index (χ2n) is 8.31. The molecule has 0 aliphatic carbocycles. The number of nitrogens with one attached hydrogen (secondary N) is 3. The predicted octanol–water partition coefficient (Wildman–Crippen LogP) is 6.16. The Kier molecular flexibility index (Phi) is 7.06. The molecule has 3 N–H and O–H groups in total. The fourth-order valence-electron chi connectivity index (χ4n) is 3.98. The van der Waals surface area contributed by atoms with E-state index in [1.54, 1.807) is 24.3 Å². The second-order valence-corrected chi connectivity index (χ2v) is 8.31. The van der Waals surface area contributed by atoms with Crippen molar-refractivity contribution in [1.29, 1.82) is 0 Å². The Bertz CT molecular complexity index is 1210. The molecule has 0 saturated carbocycles. The first kappa shape index (κ1) is 23.2. The highest BCUT2D eigenvalue weighted by atomic mass is 19.1. The molecule has 34 heavy (non-hydrogen) atoms. The normalized spacial score (nSPS) is 13.3. The first-order chi connectivity index (χ1) is 16.4. The lowest BCUT2D eigenvalue weighted by Gasteiger charge is -2.31. The number of piperidine rings is 1. The Morgan fingerprint density at radius 2 is 1.59 bits per heavy atom. The van der Waals surface area contributed by atoms with Crippen molar-refractivity contribution in [1.82, 2.24) is 0 Å². The van der Waals surface area contributed by atoms with Gasteiger partial charge in [0.2, 0.25) is 0 Å². The highest BCUT2D eigenvalue weighted by Crippen LogP contribution is 2.32. The van der Waals surface area contributed by atoms with Gasteiger partial charge in [-0.15, -0.1) is 0 Å². The van der Waals surface area contributed by atoms with Crippen LogP contribution < -0.4 is 20.9 Å². The number of nitrogens with zero attached hydrogens (tertiary/aromatic N) is 1. The molecule has 1 fully saturated rings. The Labute approximate surface area is 197 Å². The van der Waals surface area contributed by atoms with Gasteiger partial charge in [-0.05, 0) is 68.7 Å². The summed E-state index contributed by atoms with van der Waals surface area (Å²) in [5.41, 5.74) is 2.98. The van der Waals surface area contributed by atoms with Crippen molar-refractivity contribution in [2.75, 3.05) is 33.9 Å². The lowest BCUT2D eigenvalue weighted by molar-refractivity contribution is 0.102. The Morgan fingerprint density at radius 1 is 0.824 bits per heavy atom. The average molecular weight is 465 g/mol. The van der Waals surface area contributed by atoms with E-state index in [4.69, 9.17) is 0 Å². The molecule has 6 nitrogen and oxygen atoms in total. The van der Waals surface area contributed by atoms with E-state index in [2.05, 4.69) is 20.9 Å². The van der Waals surface area contributed by atoms with Crippen molar-refractivity contribution in [2.45, 2.75) is 26.2 Å². The second kappa shape index (κ2) is 10.3. The van der Waals surface area contributed by atoms with E-state index < -0.39 is 17.7 Å². The Morgan fingerprint density at radius 3 is 2.35 bits per heavy atom. The zero-order valence-electron chi connectivity index (χ0n) is 18.8. The van der Waals surface area contributed by atoms with Gasteiger partial charge in [0.1, 0.15) is 11.6 Å². The smallest absolute Gasteiger partial charge is 0.323 e. The fraction of sp³-hybridized carbons (Fsp3) is 0.231. The molecule has 1 aliphatic rings. The molecule has 0 unspecified atom stereocenters. The molecule has 0 spiro atoms. The molecule has 8 heteroatoms. The number of amides is 3. The molecule has 0 atom stereocenters. The number of hydrogen-bond acceptors (Lipinski definition) is 3. The molecule has 0 bridgehead atoms. The van der Waals surface area contributed by atoms with Crippen LogP contribution in [0.15, 0.2) is 60.7 Å². The van der Waals surface area contributed by atoms with Gasteiger partial charge in [-0.3, -0.25) is 4.79 Å². The van der Waals surface area contributed by atoms with Crippen LogP contribution in [0.2, 0.25) is 0 Å². The summed E-state index contributed by atoms with van der Waals surface area (Å²) in [6.07, 6.45) is 3.21. The summed E-state index contributed by atoms with van der Waals surface area (Å²) in [6.45, 7) is 3.58. The van der Waals surface area contributed by atoms with Crippen LogP contribution in [0.3, 0.4) is 0 Å². The summed E-state index contributed by atoms with van der Waals surface area (Å²) in [4.78, 5) is 27.5. The number of benzene rings is 3. The number of halogens is 2. The molecule has 1 saturated heterocycles. The maximum Gasteiger partial charge on any atom is 0.323 e. The van der Waals surface area contributed by atoms with E-state index in [9.17, 15) is 18.4 Å². The number of hydrogen-bond donors (Lipinski definition) is 3. The molecular weight excluding hydrogens is 438 g/mol. The average Bonchev–Trinajstić information content (AvgIpc) is 2.82. The Balaban J connectivity index is 1.57. The van der Waals surface area contributed by atoms with E-state index in [-0.39, 0.29) is 11.6 Å². The number of aryl methyl sites for hydroxylation is 1. The monoisotopic (exact) mass is 464 g/mol. The topological polar surface area (TPSA) is 73.5 Å². The van der Waals surface area contributed by atoms with Crippen molar-refractivity contribution in [3.8, 4) is 0 Å². The van der Waals surface area contributed by atoms with Crippen LogP contribution in [-0.4, -0.2) is 25.0 Å². The molecule has 176 valence electrons. The van der Waals surface area contributed by atoms with Crippen LogP contribution in [0, 0.1) is 18.6 Å². The third-order valence-corrected chi connectivity index (χ3v) is 5.66. The maximum absolute atomic E-state index is 14.0. The Hall–Kier alpha value is -3.94. The van der Waals surface area contributed by atoms with E-state index in [0.29, 0.717) is 16.9 Å². The van der Waals surface area contributed by atoms with Crippen molar-refractivity contribution in [2.24, 2.45) is 0 Å².